The van der Waals surface area contributed by atoms with Gasteiger partial charge in [-0.25, -0.2) is 13.4 Å². The summed E-state index contributed by atoms with van der Waals surface area (Å²) in [7, 11) is -2.87. The third-order valence-electron chi connectivity index (χ3n) is 3.10. The van der Waals surface area contributed by atoms with Crippen molar-refractivity contribution in [2.24, 2.45) is 0 Å². The van der Waals surface area contributed by atoms with E-state index in [1.54, 1.807) is 6.07 Å². The summed E-state index contributed by atoms with van der Waals surface area (Å²) >= 11 is 6.03. The highest BCUT2D eigenvalue weighted by Gasteiger charge is 2.30. The molecule has 4 nitrogen and oxygen atoms in total. The molecule has 1 aliphatic heterocycles. The molecule has 1 unspecified atom stereocenters. The number of nitrogens with zero attached hydrogens (tertiary/aromatic N) is 2. The molecular weight excluding hydrogens is 260 g/mol. The molecule has 6 heteroatoms. The molecule has 0 radical (unpaired) electrons. The van der Waals surface area contributed by atoms with Gasteiger partial charge in [0.1, 0.15) is 0 Å². The minimum Gasteiger partial charge on any atom is -0.306 e. The Hall–Kier alpha value is -1.07. The SMILES string of the molecule is O=S1(=O)CCC(c2cn3cccc(Cl)c3n2)C1. The van der Waals surface area contributed by atoms with Gasteiger partial charge in [0.25, 0.3) is 0 Å². The van der Waals surface area contributed by atoms with E-state index in [4.69, 9.17) is 11.6 Å². The maximum Gasteiger partial charge on any atom is 0.155 e. The van der Waals surface area contributed by atoms with E-state index in [2.05, 4.69) is 4.98 Å². The molecule has 3 rings (SSSR count). The van der Waals surface area contributed by atoms with Crippen LogP contribution in [0.1, 0.15) is 18.0 Å². The summed E-state index contributed by atoms with van der Waals surface area (Å²) in [6.07, 6.45) is 4.39. The summed E-state index contributed by atoms with van der Waals surface area (Å²) in [6.45, 7) is 0. The number of aromatic nitrogens is 2. The van der Waals surface area contributed by atoms with Crippen LogP contribution < -0.4 is 0 Å². The van der Waals surface area contributed by atoms with Crippen LogP contribution in [0.25, 0.3) is 5.65 Å². The predicted octanol–water partition coefficient (Wildman–Crippen LogP) is 1.89. The molecule has 0 bridgehead atoms. The maximum absolute atomic E-state index is 11.4. The normalized spacial score (nSPS) is 23.2. The largest absolute Gasteiger partial charge is 0.306 e. The first-order chi connectivity index (χ1) is 8.05. The summed E-state index contributed by atoms with van der Waals surface area (Å²) in [5.41, 5.74) is 1.51. The zero-order valence-corrected chi connectivity index (χ0v) is 10.6. The number of fused-ring (bicyclic) bond motifs is 1. The molecule has 3 heterocycles. The third-order valence-corrected chi connectivity index (χ3v) is 5.17. The molecule has 0 spiro atoms. The summed E-state index contributed by atoms with van der Waals surface area (Å²) in [5.74, 6) is 0.476. The van der Waals surface area contributed by atoms with Crippen LogP contribution in [0.3, 0.4) is 0 Å². The Morgan fingerprint density at radius 3 is 2.94 bits per heavy atom. The Kier molecular flexibility index (Phi) is 2.41. The second kappa shape index (κ2) is 3.71. The highest BCUT2D eigenvalue weighted by atomic mass is 35.5. The van der Waals surface area contributed by atoms with E-state index in [9.17, 15) is 8.42 Å². The number of pyridine rings is 1. The minimum absolute atomic E-state index is 0.0102. The molecule has 90 valence electrons. The van der Waals surface area contributed by atoms with E-state index in [1.807, 2.05) is 22.9 Å². The molecule has 2 aromatic rings. The van der Waals surface area contributed by atoms with Crippen LogP contribution in [-0.4, -0.2) is 29.3 Å². The van der Waals surface area contributed by atoms with E-state index < -0.39 is 9.84 Å². The lowest BCUT2D eigenvalue weighted by Gasteiger charge is -2.00. The fraction of sp³-hybridized carbons (Fsp3) is 0.364. The zero-order chi connectivity index (χ0) is 12.0. The van der Waals surface area contributed by atoms with Gasteiger partial charge < -0.3 is 4.40 Å². The van der Waals surface area contributed by atoms with Crippen LogP contribution in [0.2, 0.25) is 5.02 Å². The molecule has 17 heavy (non-hydrogen) atoms. The molecule has 0 saturated carbocycles. The summed E-state index contributed by atoms with van der Waals surface area (Å²) in [5, 5.41) is 0.583. The zero-order valence-electron chi connectivity index (χ0n) is 9.01. The van der Waals surface area contributed by atoms with Crippen molar-refractivity contribution >= 4 is 27.1 Å². The third kappa shape index (κ3) is 1.93. The fourth-order valence-electron chi connectivity index (χ4n) is 2.22. The van der Waals surface area contributed by atoms with Gasteiger partial charge in [0, 0.05) is 18.3 Å². The van der Waals surface area contributed by atoms with Crippen LogP contribution >= 0.6 is 11.6 Å². The lowest BCUT2D eigenvalue weighted by Crippen LogP contribution is -2.03. The van der Waals surface area contributed by atoms with Gasteiger partial charge in [0.15, 0.2) is 15.5 Å². The molecular formula is C11H11ClN2O2S. The second-order valence-corrected chi connectivity index (χ2v) is 6.99. The molecule has 1 saturated heterocycles. The van der Waals surface area contributed by atoms with Gasteiger partial charge in [-0.1, -0.05) is 11.6 Å². The van der Waals surface area contributed by atoms with Crippen molar-refractivity contribution in [2.45, 2.75) is 12.3 Å². The van der Waals surface area contributed by atoms with Crippen LogP contribution in [-0.2, 0) is 9.84 Å². The first kappa shape index (κ1) is 11.0. The summed E-state index contributed by atoms with van der Waals surface area (Å²) < 4.78 is 24.7. The first-order valence-electron chi connectivity index (χ1n) is 5.39. The number of halogens is 1. The monoisotopic (exact) mass is 270 g/mol. The van der Waals surface area contributed by atoms with E-state index in [1.165, 1.54) is 0 Å². The molecule has 2 aromatic heterocycles. The highest BCUT2D eigenvalue weighted by molar-refractivity contribution is 7.91. The van der Waals surface area contributed by atoms with Gasteiger partial charge in [0.2, 0.25) is 0 Å². The van der Waals surface area contributed by atoms with Crippen LogP contribution in [0.4, 0.5) is 0 Å². The molecule has 0 N–H and O–H groups in total. The van der Waals surface area contributed by atoms with Crippen molar-refractivity contribution in [3.63, 3.8) is 0 Å². The van der Waals surface area contributed by atoms with Crippen molar-refractivity contribution < 1.29 is 8.42 Å². The average Bonchev–Trinajstić information content (AvgIpc) is 2.82. The van der Waals surface area contributed by atoms with Gasteiger partial charge >= 0.3 is 0 Å². The van der Waals surface area contributed by atoms with E-state index >= 15 is 0 Å². The van der Waals surface area contributed by atoms with Crippen LogP contribution in [0, 0.1) is 0 Å². The number of hydrogen-bond acceptors (Lipinski definition) is 3. The Balaban J connectivity index is 2.05. The van der Waals surface area contributed by atoms with E-state index in [0.29, 0.717) is 17.1 Å². The Morgan fingerprint density at radius 2 is 2.29 bits per heavy atom. The smallest absolute Gasteiger partial charge is 0.155 e. The van der Waals surface area contributed by atoms with Crippen molar-refractivity contribution in [3.8, 4) is 0 Å². The van der Waals surface area contributed by atoms with Gasteiger partial charge in [-0.05, 0) is 18.6 Å². The molecule has 0 aliphatic carbocycles. The van der Waals surface area contributed by atoms with E-state index in [0.717, 1.165) is 5.69 Å². The molecule has 1 aliphatic rings. The molecule has 0 aromatic carbocycles. The molecule has 1 atom stereocenters. The number of sulfone groups is 1. The summed E-state index contributed by atoms with van der Waals surface area (Å²) in [4.78, 5) is 4.43. The van der Waals surface area contributed by atoms with Gasteiger partial charge in [0.05, 0.1) is 22.2 Å². The standard InChI is InChI=1S/C11H11ClN2O2S/c12-9-2-1-4-14-6-10(13-11(9)14)8-3-5-17(15,16)7-8/h1-2,4,6,8H,3,5,7H2. The minimum atomic E-state index is -2.87. The number of hydrogen-bond donors (Lipinski definition) is 0. The summed E-state index contributed by atoms with van der Waals surface area (Å²) in [6, 6.07) is 3.62. The average molecular weight is 271 g/mol. The Bertz CT molecular complexity index is 678. The predicted molar refractivity (Wildman–Crippen MR) is 66.2 cm³/mol. The highest BCUT2D eigenvalue weighted by Crippen LogP contribution is 2.29. The van der Waals surface area contributed by atoms with Crippen LogP contribution in [0.5, 0.6) is 0 Å². The van der Waals surface area contributed by atoms with Crippen molar-refractivity contribution in [1.29, 1.82) is 0 Å². The van der Waals surface area contributed by atoms with Gasteiger partial charge in [-0.2, -0.15) is 0 Å². The van der Waals surface area contributed by atoms with Crippen molar-refractivity contribution in [2.75, 3.05) is 11.5 Å². The quantitative estimate of drug-likeness (QED) is 0.795. The lowest BCUT2D eigenvalue weighted by atomic mass is 10.1. The maximum atomic E-state index is 11.4. The number of imidazole rings is 1. The number of rotatable bonds is 1. The first-order valence-corrected chi connectivity index (χ1v) is 7.59. The lowest BCUT2D eigenvalue weighted by molar-refractivity contribution is 0.601. The molecule has 1 fully saturated rings. The van der Waals surface area contributed by atoms with Gasteiger partial charge in [-0.15, -0.1) is 0 Å². The molecule has 0 amide bonds. The van der Waals surface area contributed by atoms with Crippen molar-refractivity contribution in [3.05, 3.63) is 35.2 Å². The Morgan fingerprint density at radius 1 is 1.47 bits per heavy atom. The topological polar surface area (TPSA) is 51.4 Å². The van der Waals surface area contributed by atoms with Gasteiger partial charge in [-0.3, -0.25) is 0 Å². The van der Waals surface area contributed by atoms with E-state index in [-0.39, 0.29) is 17.4 Å². The fourth-order valence-corrected chi connectivity index (χ4v) is 4.20. The second-order valence-electron chi connectivity index (χ2n) is 4.35. The van der Waals surface area contributed by atoms with Crippen LogP contribution in [0.15, 0.2) is 24.5 Å². The Labute approximate surface area is 104 Å². The van der Waals surface area contributed by atoms with Crippen molar-refractivity contribution in [1.82, 2.24) is 9.38 Å².